The number of ether oxygens (including phenoxy) is 1. The first kappa shape index (κ1) is 20.1. The molecule has 7 nitrogen and oxygen atoms in total. The van der Waals surface area contributed by atoms with E-state index < -0.39 is 10.0 Å². The zero-order chi connectivity index (χ0) is 20.3. The van der Waals surface area contributed by atoms with Crippen LogP contribution in [0.3, 0.4) is 0 Å². The maximum atomic E-state index is 11.8. The Balaban J connectivity index is 1.38. The minimum Gasteiger partial charge on any atom is -0.376 e. The molecular weight excluding hydrogens is 388 g/mol. The van der Waals surface area contributed by atoms with Gasteiger partial charge in [-0.3, -0.25) is 0 Å². The summed E-state index contributed by atoms with van der Waals surface area (Å²) in [6, 6.07) is 5.90. The van der Waals surface area contributed by atoms with Crippen molar-refractivity contribution in [2.24, 2.45) is 0 Å². The van der Waals surface area contributed by atoms with E-state index in [0.29, 0.717) is 0 Å². The SMILES string of the molecule is Cc1cc(C#CCNS(=O)(=O)C2CC2)ccc1-c1cn(C[C@H]2CCCCO2)nn1. The molecule has 8 heteroatoms. The Morgan fingerprint density at radius 1 is 1.28 bits per heavy atom. The fourth-order valence-corrected chi connectivity index (χ4v) is 4.74. The molecule has 1 saturated carbocycles. The molecule has 154 valence electrons. The zero-order valence-corrected chi connectivity index (χ0v) is 17.4. The Morgan fingerprint density at radius 3 is 2.86 bits per heavy atom. The standard InChI is InChI=1S/C21H26N4O3S/c1-16-13-17(5-4-11-22-29(26,27)19-8-9-19)7-10-20(16)21-15-25(24-23-21)14-18-6-2-3-12-28-18/h7,10,13,15,18-19,22H,2-3,6,8-9,11-12,14H2,1H3/t18-/m1/s1. The molecule has 1 aliphatic heterocycles. The molecule has 2 aliphatic rings. The number of hydrogen-bond donors (Lipinski definition) is 1. The van der Waals surface area contributed by atoms with Gasteiger partial charge in [0.2, 0.25) is 10.0 Å². The second-order valence-corrected chi connectivity index (χ2v) is 9.76. The maximum Gasteiger partial charge on any atom is 0.215 e. The van der Waals surface area contributed by atoms with E-state index in [1.165, 1.54) is 6.42 Å². The second-order valence-electron chi connectivity index (χ2n) is 7.71. The van der Waals surface area contributed by atoms with E-state index in [0.717, 1.165) is 61.2 Å². The smallest absolute Gasteiger partial charge is 0.215 e. The van der Waals surface area contributed by atoms with Crippen molar-refractivity contribution in [3.63, 3.8) is 0 Å². The molecule has 2 aromatic rings. The molecule has 29 heavy (non-hydrogen) atoms. The Labute approximate surface area is 171 Å². The summed E-state index contributed by atoms with van der Waals surface area (Å²) in [7, 11) is -3.18. The van der Waals surface area contributed by atoms with Gasteiger partial charge in [0.15, 0.2) is 0 Å². The molecule has 1 N–H and O–H groups in total. The lowest BCUT2D eigenvalue weighted by Gasteiger charge is -2.21. The third-order valence-corrected chi connectivity index (χ3v) is 7.16. The summed E-state index contributed by atoms with van der Waals surface area (Å²) in [6.07, 6.45) is 7.09. The van der Waals surface area contributed by atoms with Crippen LogP contribution in [-0.2, 0) is 21.3 Å². The van der Waals surface area contributed by atoms with Crippen LogP contribution in [0.15, 0.2) is 24.4 Å². The predicted octanol–water partition coefficient (Wildman–Crippen LogP) is 2.26. The van der Waals surface area contributed by atoms with Gasteiger partial charge in [-0.25, -0.2) is 17.8 Å². The topological polar surface area (TPSA) is 86.1 Å². The van der Waals surface area contributed by atoms with Gasteiger partial charge in [0.05, 0.1) is 30.6 Å². The van der Waals surface area contributed by atoms with Crippen LogP contribution >= 0.6 is 0 Å². The lowest BCUT2D eigenvalue weighted by atomic mass is 10.0. The van der Waals surface area contributed by atoms with E-state index in [1.54, 1.807) is 0 Å². The summed E-state index contributed by atoms with van der Waals surface area (Å²) in [5.41, 5.74) is 3.74. The fraction of sp³-hybridized carbons (Fsp3) is 0.524. The minimum atomic E-state index is -3.18. The third kappa shape index (κ3) is 5.24. The van der Waals surface area contributed by atoms with E-state index in [2.05, 4.69) is 26.9 Å². The van der Waals surface area contributed by atoms with Crippen LogP contribution in [0.2, 0.25) is 0 Å². The van der Waals surface area contributed by atoms with Gasteiger partial charge in [-0.2, -0.15) is 0 Å². The van der Waals surface area contributed by atoms with Crippen molar-refractivity contribution in [1.82, 2.24) is 19.7 Å². The summed E-state index contributed by atoms with van der Waals surface area (Å²) < 4.78 is 33.7. The van der Waals surface area contributed by atoms with Gasteiger partial charge in [-0.15, -0.1) is 5.10 Å². The van der Waals surface area contributed by atoms with Crippen molar-refractivity contribution in [3.05, 3.63) is 35.5 Å². The molecule has 1 aliphatic carbocycles. The number of rotatable bonds is 6. The molecule has 1 aromatic carbocycles. The van der Waals surface area contributed by atoms with Gasteiger partial charge in [0.1, 0.15) is 5.69 Å². The van der Waals surface area contributed by atoms with Crippen molar-refractivity contribution in [3.8, 4) is 23.1 Å². The first-order chi connectivity index (χ1) is 14.0. The van der Waals surface area contributed by atoms with E-state index in [1.807, 2.05) is 36.0 Å². The Hall–Kier alpha value is -2.21. The lowest BCUT2D eigenvalue weighted by Crippen LogP contribution is -2.27. The number of sulfonamides is 1. The number of aromatic nitrogens is 3. The minimum absolute atomic E-state index is 0.136. The van der Waals surface area contributed by atoms with Gasteiger partial charge in [0, 0.05) is 17.7 Å². The molecule has 1 atom stereocenters. The van der Waals surface area contributed by atoms with Crippen LogP contribution in [0, 0.1) is 18.8 Å². The van der Waals surface area contributed by atoms with Crippen LogP contribution < -0.4 is 4.72 Å². The first-order valence-electron chi connectivity index (χ1n) is 10.1. The summed E-state index contributed by atoms with van der Waals surface area (Å²) >= 11 is 0. The van der Waals surface area contributed by atoms with Crippen molar-refractivity contribution < 1.29 is 13.2 Å². The van der Waals surface area contributed by atoms with E-state index >= 15 is 0 Å². The largest absolute Gasteiger partial charge is 0.376 e. The highest BCUT2D eigenvalue weighted by molar-refractivity contribution is 7.90. The molecule has 4 rings (SSSR count). The van der Waals surface area contributed by atoms with Gasteiger partial charge < -0.3 is 4.74 Å². The van der Waals surface area contributed by atoms with Crippen LogP contribution in [-0.4, -0.2) is 47.9 Å². The number of nitrogens with zero attached hydrogens (tertiary/aromatic N) is 3. The third-order valence-electron chi connectivity index (χ3n) is 5.26. The van der Waals surface area contributed by atoms with Crippen molar-refractivity contribution >= 4 is 10.0 Å². The van der Waals surface area contributed by atoms with Crippen LogP contribution in [0.4, 0.5) is 0 Å². The molecular formula is C21H26N4O3S. The summed E-state index contributed by atoms with van der Waals surface area (Å²) in [4.78, 5) is 0. The van der Waals surface area contributed by atoms with Gasteiger partial charge in [0.25, 0.3) is 0 Å². The van der Waals surface area contributed by atoms with Crippen molar-refractivity contribution in [2.45, 2.75) is 56.9 Å². The molecule has 0 bridgehead atoms. The van der Waals surface area contributed by atoms with Crippen LogP contribution in [0.5, 0.6) is 0 Å². The number of nitrogens with one attached hydrogen (secondary N) is 1. The lowest BCUT2D eigenvalue weighted by molar-refractivity contribution is 0.00370. The highest BCUT2D eigenvalue weighted by Gasteiger charge is 2.35. The summed E-state index contributed by atoms with van der Waals surface area (Å²) in [6.45, 7) is 3.71. The molecule has 0 spiro atoms. The van der Waals surface area contributed by atoms with E-state index in [4.69, 9.17) is 4.74 Å². The van der Waals surface area contributed by atoms with Gasteiger partial charge in [-0.05, 0) is 56.7 Å². The summed E-state index contributed by atoms with van der Waals surface area (Å²) in [5.74, 6) is 5.91. The molecule has 2 heterocycles. The Kier molecular flexibility index (Phi) is 5.99. The number of benzene rings is 1. The van der Waals surface area contributed by atoms with Crippen molar-refractivity contribution in [2.75, 3.05) is 13.2 Å². The normalized spacial score (nSPS) is 19.6. The molecule has 1 aromatic heterocycles. The van der Waals surface area contributed by atoms with E-state index in [-0.39, 0.29) is 17.9 Å². The highest BCUT2D eigenvalue weighted by atomic mass is 32.2. The zero-order valence-electron chi connectivity index (χ0n) is 16.6. The highest BCUT2D eigenvalue weighted by Crippen LogP contribution is 2.27. The van der Waals surface area contributed by atoms with Gasteiger partial charge in [-0.1, -0.05) is 23.1 Å². The Morgan fingerprint density at radius 2 is 2.14 bits per heavy atom. The number of aryl methyl sites for hydroxylation is 1. The summed E-state index contributed by atoms with van der Waals surface area (Å²) in [5, 5.41) is 8.34. The maximum absolute atomic E-state index is 11.8. The Bertz CT molecular complexity index is 1030. The number of hydrogen-bond acceptors (Lipinski definition) is 5. The first-order valence-corrected chi connectivity index (χ1v) is 11.7. The van der Waals surface area contributed by atoms with E-state index in [9.17, 15) is 8.42 Å². The molecule has 2 fully saturated rings. The molecule has 0 radical (unpaired) electrons. The molecule has 0 amide bonds. The second kappa shape index (κ2) is 8.66. The average molecular weight is 415 g/mol. The molecule has 1 saturated heterocycles. The fourth-order valence-electron chi connectivity index (χ4n) is 3.48. The molecule has 0 unspecified atom stereocenters. The predicted molar refractivity (Wildman–Crippen MR) is 111 cm³/mol. The van der Waals surface area contributed by atoms with Crippen molar-refractivity contribution in [1.29, 1.82) is 0 Å². The van der Waals surface area contributed by atoms with Crippen LogP contribution in [0.1, 0.15) is 43.2 Å². The average Bonchev–Trinajstić information content (AvgIpc) is 3.48. The van der Waals surface area contributed by atoms with Crippen LogP contribution in [0.25, 0.3) is 11.3 Å². The monoisotopic (exact) mass is 414 g/mol. The van der Waals surface area contributed by atoms with Gasteiger partial charge >= 0.3 is 0 Å². The quantitative estimate of drug-likeness (QED) is 0.733.